The Morgan fingerprint density at radius 1 is 1.50 bits per heavy atom. The van der Waals surface area contributed by atoms with Crippen molar-refractivity contribution < 1.29 is 19.7 Å². The van der Waals surface area contributed by atoms with E-state index in [0.29, 0.717) is 12.8 Å². The van der Waals surface area contributed by atoms with Crippen LogP contribution in [-0.4, -0.2) is 34.5 Å². The maximum absolute atomic E-state index is 11.1. The van der Waals surface area contributed by atoms with Crippen LogP contribution in [0.4, 0.5) is 0 Å². The lowest BCUT2D eigenvalue weighted by atomic mass is 10.1. The zero-order valence-corrected chi connectivity index (χ0v) is 8.22. The van der Waals surface area contributed by atoms with Gasteiger partial charge in [0.1, 0.15) is 12.2 Å². The number of esters is 1. The molecule has 14 heavy (non-hydrogen) atoms. The maximum atomic E-state index is 11.1. The Morgan fingerprint density at radius 2 is 2.21 bits per heavy atom. The fraction of sp³-hybridized carbons (Fsp3) is 0.700. The Bertz CT molecular complexity index is 224. The summed E-state index contributed by atoms with van der Waals surface area (Å²) in [6, 6.07) is 0. The van der Waals surface area contributed by atoms with E-state index in [4.69, 9.17) is 4.74 Å². The first-order chi connectivity index (χ1) is 6.59. The summed E-state index contributed by atoms with van der Waals surface area (Å²) >= 11 is 0. The van der Waals surface area contributed by atoms with Gasteiger partial charge in [-0.1, -0.05) is 12.2 Å². The number of aliphatic hydroxyl groups is 2. The number of cyclic esters (lactones) is 1. The van der Waals surface area contributed by atoms with Gasteiger partial charge in [0.2, 0.25) is 0 Å². The molecule has 2 N–H and O–H groups in total. The van der Waals surface area contributed by atoms with Gasteiger partial charge in [-0.05, 0) is 19.8 Å². The molecule has 0 saturated carbocycles. The molecule has 0 aromatic carbocycles. The van der Waals surface area contributed by atoms with Crippen LogP contribution in [-0.2, 0) is 9.53 Å². The van der Waals surface area contributed by atoms with E-state index in [1.54, 1.807) is 19.1 Å². The normalized spacial score (nSPS) is 35.1. The van der Waals surface area contributed by atoms with Crippen molar-refractivity contribution in [3.8, 4) is 0 Å². The third kappa shape index (κ3) is 3.47. The second-order valence-corrected chi connectivity index (χ2v) is 3.54. The molecular weight excluding hydrogens is 184 g/mol. The van der Waals surface area contributed by atoms with Crippen molar-refractivity contribution in [3.05, 3.63) is 12.2 Å². The molecule has 0 fully saturated rings. The predicted molar refractivity (Wildman–Crippen MR) is 50.6 cm³/mol. The van der Waals surface area contributed by atoms with E-state index in [2.05, 4.69) is 0 Å². The number of hydrogen-bond donors (Lipinski definition) is 2. The lowest BCUT2D eigenvalue weighted by Crippen LogP contribution is -2.28. The molecule has 0 spiro atoms. The smallest absolute Gasteiger partial charge is 0.306 e. The van der Waals surface area contributed by atoms with Crippen molar-refractivity contribution in [2.75, 3.05) is 0 Å². The van der Waals surface area contributed by atoms with Gasteiger partial charge < -0.3 is 14.9 Å². The first kappa shape index (κ1) is 11.2. The monoisotopic (exact) mass is 200 g/mol. The van der Waals surface area contributed by atoms with Crippen LogP contribution in [0.3, 0.4) is 0 Å². The molecule has 0 aromatic rings. The second kappa shape index (κ2) is 5.12. The number of hydrogen-bond acceptors (Lipinski definition) is 4. The molecule has 0 bridgehead atoms. The summed E-state index contributed by atoms with van der Waals surface area (Å²) in [5.41, 5.74) is 0. The van der Waals surface area contributed by atoms with Gasteiger partial charge in [-0.15, -0.1) is 0 Å². The van der Waals surface area contributed by atoms with Crippen molar-refractivity contribution in [1.29, 1.82) is 0 Å². The van der Waals surface area contributed by atoms with Gasteiger partial charge in [0, 0.05) is 6.42 Å². The highest BCUT2D eigenvalue weighted by molar-refractivity contribution is 5.69. The van der Waals surface area contributed by atoms with Crippen molar-refractivity contribution in [2.45, 2.75) is 44.5 Å². The maximum Gasteiger partial charge on any atom is 0.306 e. The molecule has 0 aliphatic carbocycles. The van der Waals surface area contributed by atoms with Crippen LogP contribution in [0.1, 0.15) is 26.2 Å². The van der Waals surface area contributed by atoms with Gasteiger partial charge in [-0.25, -0.2) is 0 Å². The van der Waals surface area contributed by atoms with E-state index >= 15 is 0 Å². The van der Waals surface area contributed by atoms with Crippen LogP contribution >= 0.6 is 0 Å². The fourth-order valence-corrected chi connectivity index (χ4v) is 1.27. The van der Waals surface area contributed by atoms with Gasteiger partial charge >= 0.3 is 5.97 Å². The Hall–Kier alpha value is -0.870. The zero-order valence-electron chi connectivity index (χ0n) is 8.22. The van der Waals surface area contributed by atoms with Gasteiger partial charge in [0.25, 0.3) is 0 Å². The SMILES string of the molecule is C[C@@H]1OC(=O)CC[C@@H](O)CC=C[C@@H]1O. The molecule has 1 aliphatic rings. The van der Waals surface area contributed by atoms with Gasteiger partial charge in [0.15, 0.2) is 0 Å². The molecule has 3 atom stereocenters. The summed E-state index contributed by atoms with van der Waals surface area (Å²) in [4.78, 5) is 11.1. The summed E-state index contributed by atoms with van der Waals surface area (Å²) in [5, 5.41) is 18.8. The van der Waals surface area contributed by atoms with E-state index in [1.807, 2.05) is 0 Å². The molecule has 0 aromatic heterocycles. The minimum Gasteiger partial charge on any atom is -0.460 e. The lowest BCUT2D eigenvalue weighted by molar-refractivity contribution is -0.152. The predicted octanol–water partition coefficient (Wildman–Crippen LogP) is 0.380. The Morgan fingerprint density at radius 3 is 2.93 bits per heavy atom. The molecule has 1 aliphatic heterocycles. The lowest BCUT2D eigenvalue weighted by Gasteiger charge is -2.18. The largest absolute Gasteiger partial charge is 0.460 e. The molecule has 1 heterocycles. The Labute approximate surface area is 83.2 Å². The minimum absolute atomic E-state index is 0.200. The van der Waals surface area contributed by atoms with Crippen molar-refractivity contribution >= 4 is 5.97 Å². The van der Waals surface area contributed by atoms with E-state index in [9.17, 15) is 15.0 Å². The highest BCUT2D eigenvalue weighted by Crippen LogP contribution is 2.10. The van der Waals surface area contributed by atoms with Crippen molar-refractivity contribution in [3.63, 3.8) is 0 Å². The van der Waals surface area contributed by atoms with Gasteiger partial charge in [-0.3, -0.25) is 4.79 Å². The van der Waals surface area contributed by atoms with E-state index in [1.165, 1.54) is 0 Å². The Balaban J connectivity index is 2.62. The van der Waals surface area contributed by atoms with Gasteiger partial charge in [-0.2, -0.15) is 0 Å². The third-order valence-corrected chi connectivity index (χ3v) is 2.22. The van der Waals surface area contributed by atoms with Crippen LogP contribution in [0.2, 0.25) is 0 Å². The minimum atomic E-state index is -0.788. The van der Waals surface area contributed by atoms with Crippen LogP contribution in [0, 0.1) is 0 Å². The number of carbonyl (C=O) groups excluding carboxylic acids is 1. The average molecular weight is 200 g/mol. The molecular formula is C10H16O4. The highest BCUT2D eigenvalue weighted by atomic mass is 16.6. The molecule has 4 heteroatoms. The van der Waals surface area contributed by atoms with E-state index < -0.39 is 18.3 Å². The van der Waals surface area contributed by atoms with Crippen molar-refractivity contribution in [2.24, 2.45) is 0 Å². The standard InChI is InChI=1S/C10H16O4/c1-7-9(12)4-2-3-8(11)5-6-10(13)14-7/h2,4,7-9,11-12H,3,5-6H2,1H3/t7-,8-,9-/m0/s1. The summed E-state index contributed by atoms with van der Waals surface area (Å²) < 4.78 is 4.94. The number of aliphatic hydroxyl groups excluding tert-OH is 2. The molecule has 4 nitrogen and oxygen atoms in total. The second-order valence-electron chi connectivity index (χ2n) is 3.54. The molecule has 1 rings (SSSR count). The summed E-state index contributed by atoms with van der Waals surface area (Å²) in [6.07, 6.45) is 2.50. The molecule has 0 unspecified atom stereocenters. The molecule has 80 valence electrons. The van der Waals surface area contributed by atoms with Crippen LogP contribution in [0.5, 0.6) is 0 Å². The fourth-order valence-electron chi connectivity index (χ4n) is 1.27. The van der Waals surface area contributed by atoms with Gasteiger partial charge in [0.05, 0.1) is 6.10 Å². The number of rotatable bonds is 0. The highest BCUT2D eigenvalue weighted by Gasteiger charge is 2.18. The molecule has 0 saturated heterocycles. The first-order valence-corrected chi connectivity index (χ1v) is 4.82. The number of ether oxygens (including phenoxy) is 1. The Kier molecular flexibility index (Phi) is 4.10. The third-order valence-electron chi connectivity index (χ3n) is 2.22. The summed E-state index contributed by atoms with van der Waals surface area (Å²) in [7, 11) is 0. The molecule has 0 radical (unpaired) electrons. The summed E-state index contributed by atoms with van der Waals surface area (Å²) in [5.74, 6) is -0.370. The van der Waals surface area contributed by atoms with Crippen molar-refractivity contribution in [1.82, 2.24) is 0 Å². The number of carbonyl (C=O) groups is 1. The zero-order chi connectivity index (χ0) is 10.6. The quantitative estimate of drug-likeness (QED) is 0.438. The average Bonchev–Trinajstić information content (AvgIpc) is 2.13. The first-order valence-electron chi connectivity index (χ1n) is 4.82. The van der Waals surface area contributed by atoms with Crippen LogP contribution in [0.15, 0.2) is 12.2 Å². The molecule has 0 amide bonds. The summed E-state index contributed by atoms with van der Waals surface area (Å²) in [6.45, 7) is 1.64. The van der Waals surface area contributed by atoms with Crippen LogP contribution in [0.25, 0.3) is 0 Å². The van der Waals surface area contributed by atoms with E-state index in [0.717, 1.165) is 0 Å². The van der Waals surface area contributed by atoms with Crippen LogP contribution < -0.4 is 0 Å². The topological polar surface area (TPSA) is 66.8 Å². The van der Waals surface area contributed by atoms with E-state index in [-0.39, 0.29) is 12.4 Å².